The van der Waals surface area contributed by atoms with Crippen LogP contribution in [0.1, 0.15) is 19.7 Å². The zero-order valence-electron chi connectivity index (χ0n) is 12.1. The number of anilines is 1. The maximum Gasteiger partial charge on any atom is 0.157 e. The minimum absolute atomic E-state index is 0.434. The first-order valence-electron chi connectivity index (χ1n) is 6.84. The number of benzene rings is 1. The van der Waals surface area contributed by atoms with E-state index in [-0.39, 0.29) is 0 Å². The average molecular weight is 368 g/mol. The van der Waals surface area contributed by atoms with E-state index in [0.717, 1.165) is 26.8 Å². The molecule has 0 aliphatic heterocycles. The predicted molar refractivity (Wildman–Crippen MR) is 89.8 cm³/mol. The third-order valence-electron chi connectivity index (χ3n) is 2.58. The van der Waals surface area contributed by atoms with Crippen molar-refractivity contribution in [3.05, 3.63) is 40.6 Å². The Morgan fingerprint density at radius 1 is 1.19 bits per heavy atom. The third-order valence-corrected chi connectivity index (χ3v) is 4.03. The summed E-state index contributed by atoms with van der Waals surface area (Å²) in [7, 11) is 0. The fourth-order valence-electron chi connectivity index (χ4n) is 1.68. The summed E-state index contributed by atoms with van der Waals surface area (Å²) in [6, 6.07) is 10.1. The maximum atomic E-state index is 5.41. The smallest absolute Gasteiger partial charge is 0.157 e. The molecule has 0 radical (unpaired) electrons. The van der Waals surface area contributed by atoms with Gasteiger partial charge in [0.1, 0.15) is 17.5 Å². The highest BCUT2D eigenvalue weighted by atomic mass is 79.9. The van der Waals surface area contributed by atoms with E-state index in [0.29, 0.717) is 19.0 Å². The van der Waals surface area contributed by atoms with Crippen molar-refractivity contribution in [1.82, 2.24) is 9.97 Å². The number of halogens is 1. The van der Waals surface area contributed by atoms with Crippen molar-refractivity contribution in [2.75, 3.05) is 18.5 Å². The van der Waals surface area contributed by atoms with Gasteiger partial charge in [0.15, 0.2) is 5.82 Å². The van der Waals surface area contributed by atoms with Crippen LogP contribution in [0.2, 0.25) is 0 Å². The average Bonchev–Trinajstić information content (AvgIpc) is 2.48. The normalized spacial score (nSPS) is 10.6. The standard InChI is InChI=1S/C15H18BrN3OS/c1-3-17-13-9-15(19-14(18-13)10-20-4-2)21-12-7-5-11(16)6-8-12/h5-9H,3-4,10H2,1-2H3,(H,17,18,19). The molecule has 0 spiro atoms. The van der Waals surface area contributed by atoms with Crippen LogP contribution in [0.4, 0.5) is 5.82 Å². The van der Waals surface area contributed by atoms with E-state index in [9.17, 15) is 0 Å². The van der Waals surface area contributed by atoms with Crippen LogP contribution < -0.4 is 5.32 Å². The summed E-state index contributed by atoms with van der Waals surface area (Å²) < 4.78 is 6.47. The van der Waals surface area contributed by atoms with Crippen LogP contribution in [0.3, 0.4) is 0 Å². The Kier molecular flexibility index (Phi) is 6.48. The largest absolute Gasteiger partial charge is 0.374 e. The molecule has 0 unspecified atom stereocenters. The van der Waals surface area contributed by atoms with Crippen LogP contribution in [-0.4, -0.2) is 23.1 Å². The van der Waals surface area contributed by atoms with Crippen molar-refractivity contribution in [2.24, 2.45) is 0 Å². The lowest BCUT2D eigenvalue weighted by Gasteiger charge is -2.09. The summed E-state index contributed by atoms with van der Waals surface area (Å²) in [6.45, 7) is 5.93. The van der Waals surface area contributed by atoms with Gasteiger partial charge in [-0.25, -0.2) is 9.97 Å². The van der Waals surface area contributed by atoms with Gasteiger partial charge in [-0.15, -0.1) is 0 Å². The van der Waals surface area contributed by atoms with E-state index in [1.165, 1.54) is 0 Å². The Morgan fingerprint density at radius 2 is 1.95 bits per heavy atom. The highest BCUT2D eigenvalue weighted by Crippen LogP contribution is 2.28. The Hall–Kier alpha value is -1.11. The number of aromatic nitrogens is 2. The minimum Gasteiger partial charge on any atom is -0.374 e. The summed E-state index contributed by atoms with van der Waals surface area (Å²) >= 11 is 5.06. The molecule has 0 aliphatic carbocycles. The van der Waals surface area contributed by atoms with Crippen LogP contribution >= 0.6 is 27.7 Å². The fourth-order valence-corrected chi connectivity index (χ4v) is 2.78. The van der Waals surface area contributed by atoms with E-state index in [2.05, 4.69) is 43.3 Å². The quantitative estimate of drug-likeness (QED) is 0.736. The van der Waals surface area contributed by atoms with Gasteiger partial charge in [-0.2, -0.15) is 0 Å². The molecule has 1 N–H and O–H groups in total. The molecule has 0 bridgehead atoms. The van der Waals surface area contributed by atoms with Gasteiger partial charge in [-0.1, -0.05) is 27.7 Å². The van der Waals surface area contributed by atoms with Gasteiger partial charge in [0.2, 0.25) is 0 Å². The molecular weight excluding hydrogens is 350 g/mol. The summed E-state index contributed by atoms with van der Waals surface area (Å²) in [6.07, 6.45) is 0. The summed E-state index contributed by atoms with van der Waals surface area (Å²) in [5.74, 6) is 1.54. The highest BCUT2D eigenvalue weighted by molar-refractivity contribution is 9.10. The predicted octanol–water partition coefficient (Wildman–Crippen LogP) is 4.36. The molecule has 0 atom stereocenters. The zero-order chi connectivity index (χ0) is 15.1. The van der Waals surface area contributed by atoms with Crippen molar-refractivity contribution in [3.63, 3.8) is 0 Å². The number of hydrogen-bond donors (Lipinski definition) is 1. The van der Waals surface area contributed by atoms with Crippen LogP contribution in [0.5, 0.6) is 0 Å². The Balaban J connectivity index is 2.19. The molecule has 1 heterocycles. The molecule has 1 aromatic carbocycles. The lowest BCUT2D eigenvalue weighted by molar-refractivity contribution is 0.128. The summed E-state index contributed by atoms with van der Waals surface area (Å²) in [5.41, 5.74) is 0. The fraction of sp³-hybridized carbons (Fsp3) is 0.333. The van der Waals surface area contributed by atoms with Crippen molar-refractivity contribution in [3.8, 4) is 0 Å². The zero-order valence-corrected chi connectivity index (χ0v) is 14.5. The van der Waals surface area contributed by atoms with Crippen molar-refractivity contribution in [2.45, 2.75) is 30.4 Å². The third kappa shape index (κ3) is 5.30. The number of rotatable bonds is 7. The monoisotopic (exact) mass is 367 g/mol. The van der Waals surface area contributed by atoms with Gasteiger partial charge < -0.3 is 10.1 Å². The van der Waals surface area contributed by atoms with Crippen molar-refractivity contribution in [1.29, 1.82) is 0 Å². The molecule has 0 fully saturated rings. The first-order valence-corrected chi connectivity index (χ1v) is 8.45. The van der Waals surface area contributed by atoms with Crippen LogP contribution in [0.25, 0.3) is 0 Å². The number of nitrogens with one attached hydrogen (secondary N) is 1. The number of hydrogen-bond acceptors (Lipinski definition) is 5. The molecule has 0 amide bonds. The second-order valence-corrected chi connectivity index (χ2v) is 6.24. The van der Waals surface area contributed by atoms with E-state index in [4.69, 9.17) is 4.74 Å². The van der Waals surface area contributed by atoms with Crippen LogP contribution in [-0.2, 0) is 11.3 Å². The van der Waals surface area contributed by atoms with E-state index >= 15 is 0 Å². The molecule has 6 heteroatoms. The molecule has 0 saturated carbocycles. The molecule has 112 valence electrons. The molecule has 0 saturated heterocycles. The van der Waals surface area contributed by atoms with Gasteiger partial charge in [-0.3, -0.25) is 0 Å². The van der Waals surface area contributed by atoms with Gasteiger partial charge in [-0.05, 0) is 38.1 Å². The maximum absolute atomic E-state index is 5.41. The van der Waals surface area contributed by atoms with Gasteiger partial charge in [0.25, 0.3) is 0 Å². The molecule has 0 aliphatic rings. The van der Waals surface area contributed by atoms with Gasteiger partial charge >= 0.3 is 0 Å². The first kappa shape index (κ1) is 16.3. The van der Waals surface area contributed by atoms with Crippen molar-refractivity contribution >= 4 is 33.5 Å². The number of ether oxygens (including phenoxy) is 1. The molecule has 2 aromatic rings. The Morgan fingerprint density at radius 3 is 2.62 bits per heavy atom. The second-order valence-electron chi connectivity index (χ2n) is 4.23. The van der Waals surface area contributed by atoms with E-state index < -0.39 is 0 Å². The molecule has 4 nitrogen and oxygen atoms in total. The summed E-state index contributed by atoms with van der Waals surface area (Å²) in [5, 5.41) is 4.15. The molecule has 1 aromatic heterocycles. The first-order chi connectivity index (χ1) is 10.2. The summed E-state index contributed by atoms with van der Waals surface area (Å²) in [4.78, 5) is 10.1. The van der Waals surface area contributed by atoms with E-state index in [1.54, 1.807) is 11.8 Å². The SMILES string of the molecule is CCNc1cc(Sc2ccc(Br)cc2)nc(COCC)n1. The molecule has 21 heavy (non-hydrogen) atoms. The lowest BCUT2D eigenvalue weighted by Crippen LogP contribution is -2.05. The van der Waals surface area contributed by atoms with Crippen LogP contribution in [0, 0.1) is 0 Å². The topological polar surface area (TPSA) is 47.0 Å². The van der Waals surface area contributed by atoms with Crippen LogP contribution in [0.15, 0.2) is 44.7 Å². The van der Waals surface area contributed by atoms with Crippen molar-refractivity contribution < 1.29 is 4.74 Å². The Labute approximate surface area is 137 Å². The van der Waals surface area contributed by atoms with Gasteiger partial charge in [0.05, 0.1) is 0 Å². The minimum atomic E-state index is 0.434. The second kappa shape index (κ2) is 8.36. The van der Waals surface area contributed by atoms with Gasteiger partial charge in [0, 0.05) is 28.6 Å². The molecule has 2 rings (SSSR count). The highest BCUT2D eigenvalue weighted by Gasteiger charge is 2.06. The van der Waals surface area contributed by atoms with E-state index in [1.807, 2.05) is 32.0 Å². The number of nitrogens with zero attached hydrogens (tertiary/aromatic N) is 2. The lowest BCUT2D eigenvalue weighted by atomic mass is 10.4. The molecular formula is C15H18BrN3OS. The Bertz CT molecular complexity index is 578.